The smallest absolute Gasteiger partial charge is 0.236 e. The Hall–Kier alpha value is -2.62. The van der Waals surface area contributed by atoms with E-state index in [4.69, 9.17) is 0 Å². The molecule has 4 nitrogen and oxygen atoms in total. The molecule has 0 atom stereocenters. The van der Waals surface area contributed by atoms with Gasteiger partial charge < -0.3 is 10.2 Å². The zero-order valence-electron chi connectivity index (χ0n) is 13.6. The molecule has 0 heterocycles. The highest BCUT2D eigenvalue weighted by Gasteiger charge is 2.17. The average molecular weight is 310 g/mol. The molecule has 2 aromatic rings. The molecule has 0 saturated carbocycles. The lowest BCUT2D eigenvalue weighted by Gasteiger charge is -2.20. The molecule has 0 saturated heterocycles. The van der Waals surface area contributed by atoms with Gasteiger partial charge in [0.25, 0.3) is 0 Å². The molecule has 0 aliphatic heterocycles. The average Bonchev–Trinajstić information content (AvgIpc) is 2.56. The van der Waals surface area contributed by atoms with Crippen molar-refractivity contribution in [2.24, 2.45) is 0 Å². The Kier molecular flexibility index (Phi) is 5.92. The second kappa shape index (κ2) is 8.13. The Morgan fingerprint density at radius 1 is 1.00 bits per heavy atom. The summed E-state index contributed by atoms with van der Waals surface area (Å²) in [5, 5.41) is 2.81. The van der Waals surface area contributed by atoms with Crippen LogP contribution in [-0.4, -0.2) is 18.4 Å². The van der Waals surface area contributed by atoms with Gasteiger partial charge in [-0.2, -0.15) is 0 Å². The molecule has 4 heteroatoms. The van der Waals surface area contributed by atoms with Crippen LogP contribution in [0.15, 0.2) is 54.6 Å². The fourth-order valence-corrected chi connectivity index (χ4v) is 2.41. The maximum atomic E-state index is 12.3. The van der Waals surface area contributed by atoms with Crippen LogP contribution in [0, 0.1) is 6.92 Å². The van der Waals surface area contributed by atoms with Crippen molar-refractivity contribution in [1.29, 1.82) is 0 Å². The zero-order chi connectivity index (χ0) is 16.7. The predicted molar refractivity (Wildman–Crippen MR) is 92.1 cm³/mol. The first-order valence-electron chi connectivity index (χ1n) is 7.78. The number of hydrogen-bond donors (Lipinski definition) is 1. The summed E-state index contributed by atoms with van der Waals surface area (Å²) in [6.07, 6.45) is -0.144. The van der Waals surface area contributed by atoms with Gasteiger partial charge in [0.15, 0.2) is 0 Å². The number of hydrogen-bond acceptors (Lipinski definition) is 2. The van der Waals surface area contributed by atoms with Crippen LogP contribution >= 0.6 is 0 Å². The van der Waals surface area contributed by atoms with Crippen LogP contribution in [0.25, 0.3) is 0 Å². The maximum absolute atomic E-state index is 12.3. The summed E-state index contributed by atoms with van der Waals surface area (Å²) in [4.78, 5) is 26.0. The lowest BCUT2D eigenvalue weighted by atomic mass is 10.1. The number of nitrogens with zero attached hydrogens (tertiary/aromatic N) is 1. The van der Waals surface area contributed by atoms with Gasteiger partial charge in [0.2, 0.25) is 11.8 Å². The van der Waals surface area contributed by atoms with E-state index in [1.54, 1.807) is 4.90 Å². The van der Waals surface area contributed by atoms with Gasteiger partial charge in [-0.3, -0.25) is 9.59 Å². The Morgan fingerprint density at radius 2 is 1.65 bits per heavy atom. The standard InChI is InChI=1S/C19H22N2O2/c1-3-21(17-11-5-4-6-12-17)19(23)13-18(22)20-14-16-10-8-7-9-15(16)2/h4-12H,3,13-14H2,1-2H3,(H,20,22). The van der Waals surface area contributed by atoms with E-state index in [0.29, 0.717) is 13.1 Å². The molecule has 0 spiro atoms. The number of benzene rings is 2. The lowest BCUT2D eigenvalue weighted by molar-refractivity contribution is -0.128. The number of aryl methyl sites for hydroxylation is 1. The molecule has 0 fully saturated rings. The Balaban J connectivity index is 1.91. The zero-order valence-corrected chi connectivity index (χ0v) is 13.6. The maximum Gasteiger partial charge on any atom is 0.236 e. The third kappa shape index (κ3) is 4.68. The molecule has 120 valence electrons. The highest BCUT2D eigenvalue weighted by Crippen LogP contribution is 2.14. The normalized spacial score (nSPS) is 10.2. The van der Waals surface area contributed by atoms with Crippen LogP contribution in [-0.2, 0) is 16.1 Å². The van der Waals surface area contributed by atoms with Crippen molar-refractivity contribution in [3.63, 3.8) is 0 Å². The number of rotatable bonds is 6. The van der Waals surface area contributed by atoms with E-state index in [-0.39, 0.29) is 18.2 Å². The van der Waals surface area contributed by atoms with Crippen LogP contribution in [0.2, 0.25) is 0 Å². The summed E-state index contributed by atoms with van der Waals surface area (Å²) in [6.45, 7) is 4.88. The summed E-state index contributed by atoms with van der Waals surface area (Å²) >= 11 is 0. The summed E-state index contributed by atoms with van der Waals surface area (Å²) in [6, 6.07) is 17.3. The molecule has 0 radical (unpaired) electrons. The topological polar surface area (TPSA) is 49.4 Å². The van der Waals surface area contributed by atoms with Gasteiger partial charge in [0.05, 0.1) is 0 Å². The number of anilines is 1. The third-order valence-electron chi connectivity index (χ3n) is 3.73. The van der Waals surface area contributed by atoms with Crippen molar-refractivity contribution in [2.75, 3.05) is 11.4 Å². The van der Waals surface area contributed by atoms with Crippen LogP contribution in [0.4, 0.5) is 5.69 Å². The van der Waals surface area contributed by atoms with E-state index in [2.05, 4.69) is 5.32 Å². The summed E-state index contributed by atoms with van der Waals surface area (Å²) in [5.41, 5.74) is 2.99. The first kappa shape index (κ1) is 16.7. The van der Waals surface area contributed by atoms with Crippen LogP contribution in [0.5, 0.6) is 0 Å². The molecular weight excluding hydrogens is 288 g/mol. The van der Waals surface area contributed by atoms with Crippen LogP contribution in [0.3, 0.4) is 0 Å². The molecule has 2 amide bonds. The minimum Gasteiger partial charge on any atom is -0.352 e. The first-order valence-corrected chi connectivity index (χ1v) is 7.78. The molecule has 0 bridgehead atoms. The fourth-order valence-electron chi connectivity index (χ4n) is 2.41. The molecule has 0 aromatic heterocycles. The largest absolute Gasteiger partial charge is 0.352 e. The molecule has 0 unspecified atom stereocenters. The van der Waals surface area contributed by atoms with Crippen LogP contribution in [0.1, 0.15) is 24.5 Å². The Bertz CT molecular complexity index is 668. The van der Waals surface area contributed by atoms with E-state index in [1.165, 1.54) is 0 Å². The van der Waals surface area contributed by atoms with Crippen LogP contribution < -0.4 is 10.2 Å². The predicted octanol–water partition coefficient (Wildman–Crippen LogP) is 3.05. The van der Waals surface area contributed by atoms with Crippen molar-refractivity contribution in [3.05, 3.63) is 65.7 Å². The van der Waals surface area contributed by atoms with E-state index < -0.39 is 0 Å². The second-order valence-electron chi connectivity index (χ2n) is 5.35. The minimum atomic E-state index is -0.257. The van der Waals surface area contributed by atoms with Crippen molar-refractivity contribution in [1.82, 2.24) is 5.32 Å². The van der Waals surface area contributed by atoms with Gasteiger partial charge >= 0.3 is 0 Å². The lowest BCUT2D eigenvalue weighted by Crippen LogP contribution is -2.35. The van der Waals surface area contributed by atoms with E-state index in [1.807, 2.05) is 68.4 Å². The molecule has 0 aliphatic rings. The minimum absolute atomic E-state index is 0.144. The quantitative estimate of drug-likeness (QED) is 0.834. The molecule has 1 N–H and O–H groups in total. The summed E-state index contributed by atoms with van der Waals surface area (Å²) < 4.78 is 0. The summed E-state index contributed by atoms with van der Waals surface area (Å²) in [5.74, 6) is -0.450. The summed E-state index contributed by atoms with van der Waals surface area (Å²) in [7, 11) is 0. The molecule has 23 heavy (non-hydrogen) atoms. The highest BCUT2D eigenvalue weighted by molar-refractivity contribution is 6.04. The number of para-hydroxylation sites is 1. The first-order chi connectivity index (χ1) is 11.1. The highest BCUT2D eigenvalue weighted by atomic mass is 16.2. The van der Waals surface area contributed by atoms with Crippen molar-refractivity contribution < 1.29 is 9.59 Å². The second-order valence-corrected chi connectivity index (χ2v) is 5.35. The van der Waals surface area contributed by atoms with Crippen molar-refractivity contribution in [2.45, 2.75) is 26.8 Å². The molecule has 2 rings (SSSR count). The van der Waals surface area contributed by atoms with Gasteiger partial charge in [-0.25, -0.2) is 0 Å². The molecular formula is C19H22N2O2. The van der Waals surface area contributed by atoms with E-state index in [9.17, 15) is 9.59 Å². The van der Waals surface area contributed by atoms with E-state index in [0.717, 1.165) is 16.8 Å². The van der Waals surface area contributed by atoms with Gasteiger partial charge in [0.1, 0.15) is 6.42 Å². The van der Waals surface area contributed by atoms with Gasteiger partial charge in [-0.05, 0) is 37.1 Å². The number of amides is 2. The third-order valence-corrected chi connectivity index (χ3v) is 3.73. The van der Waals surface area contributed by atoms with Gasteiger partial charge in [-0.1, -0.05) is 42.5 Å². The number of carbonyl (C=O) groups is 2. The molecule has 0 aliphatic carbocycles. The Morgan fingerprint density at radius 3 is 2.30 bits per heavy atom. The Labute approximate surface area is 137 Å². The van der Waals surface area contributed by atoms with Crippen molar-refractivity contribution >= 4 is 17.5 Å². The monoisotopic (exact) mass is 310 g/mol. The van der Waals surface area contributed by atoms with E-state index >= 15 is 0 Å². The number of carbonyl (C=O) groups excluding carboxylic acids is 2. The fraction of sp³-hybridized carbons (Fsp3) is 0.263. The number of nitrogens with one attached hydrogen (secondary N) is 1. The van der Waals surface area contributed by atoms with Gasteiger partial charge in [0, 0.05) is 18.8 Å². The SMILES string of the molecule is CCN(C(=O)CC(=O)NCc1ccccc1C)c1ccccc1. The van der Waals surface area contributed by atoms with Gasteiger partial charge in [-0.15, -0.1) is 0 Å². The molecule has 2 aromatic carbocycles. The van der Waals surface area contributed by atoms with Crippen molar-refractivity contribution in [3.8, 4) is 0 Å².